The molecule has 0 saturated carbocycles. The van der Waals surface area contributed by atoms with Crippen LogP contribution in [-0.4, -0.2) is 29.0 Å². The summed E-state index contributed by atoms with van der Waals surface area (Å²) in [5, 5.41) is 4.10. The van der Waals surface area contributed by atoms with Crippen molar-refractivity contribution < 1.29 is 23.4 Å². The van der Waals surface area contributed by atoms with E-state index in [1.54, 1.807) is 29.1 Å². The predicted octanol–water partition coefficient (Wildman–Crippen LogP) is 3.42. The number of furan rings is 1. The molecule has 26 heavy (non-hydrogen) atoms. The normalized spacial score (nSPS) is 12.8. The van der Waals surface area contributed by atoms with Crippen molar-refractivity contribution in [1.82, 2.24) is 9.78 Å². The summed E-state index contributed by atoms with van der Waals surface area (Å²) in [5.74, 6) is 1.57. The van der Waals surface area contributed by atoms with Crippen LogP contribution in [0.15, 0.2) is 51.6 Å². The number of halogens is 1. The third-order valence-corrected chi connectivity index (χ3v) is 4.55. The van der Waals surface area contributed by atoms with Crippen LogP contribution >= 0.6 is 15.9 Å². The number of rotatable bonds is 5. The lowest BCUT2D eigenvalue weighted by molar-refractivity contribution is 0.0432. The van der Waals surface area contributed by atoms with E-state index >= 15 is 0 Å². The summed E-state index contributed by atoms with van der Waals surface area (Å²) < 4.78 is 24.4. The Kier molecular flexibility index (Phi) is 4.66. The minimum atomic E-state index is -0.529. The molecule has 2 aromatic heterocycles. The monoisotopic (exact) mass is 418 g/mol. The van der Waals surface area contributed by atoms with E-state index in [9.17, 15) is 4.79 Å². The van der Waals surface area contributed by atoms with E-state index in [1.165, 1.54) is 0 Å². The second-order valence-corrected chi connectivity index (χ2v) is 6.49. The van der Waals surface area contributed by atoms with Crippen LogP contribution in [0.1, 0.15) is 21.9 Å². The SMILES string of the molecule is O=C(OCc1cc2c(cc1Br)OCCO2)c1ccc(Cn2cccn2)o1. The molecule has 0 radical (unpaired) electrons. The Morgan fingerprint density at radius 2 is 2.04 bits per heavy atom. The summed E-state index contributed by atoms with van der Waals surface area (Å²) in [4.78, 5) is 12.2. The molecule has 0 aliphatic carbocycles. The molecule has 0 unspecified atom stereocenters. The van der Waals surface area contributed by atoms with E-state index in [4.69, 9.17) is 18.6 Å². The third kappa shape index (κ3) is 3.60. The lowest BCUT2D eigenvalue weighted by Crippen LogP contribution is -2.15. The van der Waals surface area contributed by atoms with Crippen molar-refractivity contribution in [2.45, 2.75) is 13.2 Å². The summed E-state index contributed by atoms with van der Waals surface area (Å²) >= 11 is 3.46. The Balaban J connectivity index is 1.40. The van der Waals surface area contributed by atoms with Crippen LogP contribution in [0.2, 0.25) is 0 Å². The van der Waals surface area contributed by atoms with Gasteiger partial charge in [-0.1, -0.05) is 15.9 Å². The van der Waals surface area contributed by atoms with Crippen molar-refractivity contribution in [3.63, 3.8) is 0 Å². The van der Waals surface area contributed by atoms with Gasteiger partial charge in [0.05, 0.1) is 6.54 Å². The minimum Gasteiger partial charge on any atom is -0.486 e. The van der Waals surface area contributed by atoms with Gasteiger partial charge in [0.1, 0.15) is 25.6 Å². The zero-order valence-electron chi connectivity index (χ0n) is 13.7. The Hall–Kier alpha value is -2.74. The van der Waals surface area contributed by atoms with Gasteiger partial charge in [-0.25, -0.2) is 4.79 Å². The van der Waals surface area contributed by atoms with Gasteiger partial charge in [0, 0.05) is 22.4 Å². The molecule has 0 saturated heterocycles. The highest BCUT2D eigenvalue weighted by atomic mass is 79.9. The van der Waals surface area contributed by atoms with Gasteiger partial charge >= 0.3 is 5.97 Å². The zero-order chi connectivity index (χ0) is 17.9. The summed E-state index contributed by atoms with van der Waals surface area (Å²) in [7, 11) is 0. The lowest BCUT2D eigenvalue weighted by atomic mass is 10.2. The molecular formula is C18H15BrN2O5. The van der Waals surface area contributed by atoms with Gasteiger partial charge in [-0.15, -0.1) is 0 Å². The smallest absolute Gasteiger partial charge is 0.374 e. The molecule has 0 amide bonds. The van der Waals surface area contributed by atoms with Gasteiger partial charge in [-0.3, -0.25) is 4.68 Å². The fourth-order valence-corrected chi connectivity index (χ4v) is 2.99. The molecule has 0 bridgehead atoms. The van der Waals surface area contributed by atoms with Crippen LogP contribution in [0.4, 0.5) is 0 Å². The number of carbonyl (C=O) groups is 1. The zero-order valence-corrected chi connectivity index (χ0v) is 15.3. The van der Waals surface area contributed by atoms with Gasteiger partial charge < -0.3 is 18.6 Å². The third-order valence-electron chi connectivity index (χ3n) is 3.81. The van der Waals surface area contributed by atoms with E-state index in [0.717, 1.165) is 10.0 Å². The van der Waals surface area contributed by atoms with E-state index in [1.807, 2.05) is 18.3 Å². The van der Waals surface area contributed by atoms with E-state index < -0.39 is 5.97 Å². The second-order valence-electron chi connectivity index (χ2n) is 5.63. The maximum absolute atomic E-state index is 12.2. The minimum absolute atomic E-state index is 0.0885. The molecular weight excluding hydrogens is 404 g/mol. The molecule has 134 valence electrons. The number of hydrogen-bond acceptors (Lipinski definition) is 6. The fraction of sp³-hybridized carbons (Fsp3) is 0.222. The summed E-state index contributed by atoms with van der Waals surface area (Å²) in [6, 6.07) is 8.77. The molecule has 7 nitrogen and oxygen atoms in total. The molecule has 0 spiro atoms. The largest absolute Gasteiger partial charge is 0.486 e. The number of fused-ring (bicyclic) bond motifs is 1. The summed E-state index contributed by atoms with van der Waals surface area (Å²) in [6.07, 6.45) is 3.50. The first-order valence-corrected chi connectivity index (χ1v) is 8.79. The maximum atomic E-state index is 12.2. The van der Waals surface area contributed by atoms with E-state index in [0.29, 0.717) is 37.0 Å². The van der Waals surface area contributed by atoms with Crippen LogP contribution in [0.3, 0.4) is 0 Å². The second kappa shape index (κ2) is 7.25. The number of esters is 1. The molecule has 1 aliphatic heterocycles. The number of carbonyl (C=O) groups excluding carboxylic acids is 1. The standard InChI is InChI=1S/C18H15BrN2O5/c19-14-9-17-16(23-6-7-24-17)8-12(14)11-25-18(22)15-3-2-13(26-15)10-21-5-1-4-20-21/h1-5,8-9H,6-7,10-11H2. The Labute approximate surface area is 157 Å². The van der Waals surface area contributed by atoms with Gasteiger partial charge in [0.2, 0.25) is 5.76 Å². The van der Waals surface area contributed by atoms with Gasteiger partial charge in [-0.2, -0.15) is 5.10 Å². The average Bonchev–Trinajstić information content (AvgIpc) is 3.32. The molecule has 8 heteroatoms. The lowest BCUT2D eigenvalue weighted by Gasteiger charge is -2.19. The molecule has 1 aromatic carbocycles. The number of ether oxygens (including phenoxy) is 3. The van der Waals surface area contributed by atoms with Crippen LogP contribution in [0.25, 0.3) is 0 Å². The summed E-state index contributed by atoms with van der Waals surface area (Å²) in [5.41, 5.74) is 0.783. The van der Waals surface area contributed by atoms with Crippen LogP contribution in [-0.2, 0) is 17.9 Å². The summed E-state index contributed by atoms with van der Waals surface area (Å²) in [6.45, 7) is 1.56. The van der Waals surface area contributed by atoms with Crippen LogP contribution < -0.4 is 9.47 Å². The van der Waals surface area contributed by atoms with Gasteiger partial charge in [0.15, 0.2) is 11.5 Å². The number of nitrogens with zero attached hydrogens (tertiary/aromatic N) is 2. The first-order valence-electron chi connectivity index (χ1n) is 8.00. The number of aromatic nitrogens is 2. The quantitative estimate of drug-likeness (QED) is 0.590. The van der Waals surface area contributed by atoms with Crippen molar-refractivity contribution in [3.8, 4) is 11.5 Å². The molecule has 3 aromatic rings. The Morgan fingerprint density at radius 3 is 2.81 bits per heavy atom. The fourth-order valence-electron chi connectivity index (χ4n) is 2.56. The van der Waals surface area contributed by atoms with Crippen molar-refractivity contribution in [3.05, 3.63) is 64.3 Å². The van der Waals surface area contributed by atoms with Gasteiger partial charge in [0.25, 0.3) is 0 Å². The highest BCUT2D eigenvalue weighted by Crippen LogP contribution is 2.35. The first kappa shape index (κ1) is 16.7. The van der Waals surface area contributed by atoms with Gasteiger partial charge in [-0.05, 0) is 30.3 Å². The molecule has 0 atom stereocenters. The van der Waals surface area contributed by atoms with Crippen molar-refractivity contribution in [2.24, 2.45) is 0 Å². The van der Waals surface area contributed by atoms with Crippen LogP contribution in [0.5, 0.6) is 11.5 Å². The van der Waals surface area contributed by atoms with E-state index in [-0.39, 0.29) is 12.4 Å². The molecule has 0 N–H and O–H groups in total. The average molecular weight is 419 g/mol. The highest BCUT2D eigenvalue weighted by molar-refractivity contribution is 9.10. The Morgan fingerprint density at radius 1 is 1.23 bits per heavy atom. The first-order chi connectivity index (χ1) is 12.7. The van der Waals surface area contributed by atoms with E-state index in [2.05, 4.69) is 21.0 Å². The van der Waals surface area contributed by atoms with Crippen molar-refractivity contribution >= 4 is 21.9 Å². The molecule has 4 rings (SSSR count). The topological polar surface area (TPSA) is 75.7 Å². The predicted molar refractivity (Wildman–Crippen MR) is 94.3 cm³/mol. The highest BCUT2D eigenvalue weighted by Gasteiger charge is 2.17. The molecule has 1 aliphatic rings. The Bertz CT molecular complexity index is 920. The number of benzene rings is 1. The van der Waals surface area contributed by atoms with Crippen LogP contribution in [0, 0.1) is 0 Å². The maximum Gasteiger partial charge on any atom is 0.374 e. The molecule has 0 fully saturated rings. The van der Waals surface area contributed by atoms with Crippen molar-refractivity contribution in [2.75, 3.05) is 13.2 Å². The molecule has 3 heterocycles. The number of hydrogen-bond donors (Lipinski definition) is 0. The van der Waals surface area contributed by atoms with Crippen molar-refractivity contribution in [1.29, 1.82) is 0 Å².